The zero-order chi connectivity index (χ0) is 29.6. The Morgan fingerprint density at radius 3 is 2.64 bits per heavy atom. The zero-order valence-electron chi connectivity index (χ0n) is 23.5. The van der Waals surface area contributed by atoms with Crippen LogP contribution < -0.4 is 20.3 Å². The van der Waals surface area contributed by atoms with Crippen molar-refractivity contribution in [1.82, 2.24) is 9.66 Å². The van der Waals surface area contributed by atoms with E-state index in [0.29, 0.717) is 44.8 Å². The Morgan fingerprint density at radius 1 is 1.14 bits per heavy atom. The molecule has 1 aliphatic carbocycles. The lowest BCUT2D eigenvalue weighted by Crippen LogP contribution is -2.25. The van der Waals surface area contributed by atoms with E-state index in [0.717, 1.165) is 31.2 Å². The Labute approximate surface area is 257 Å². The van der Waals surface area contributed by atoms with Crippen LogP contribution in [0.4, 0.5) is 5.69 Å². The van der Waals surface area contributed by atoms with Crippen LogP contribution in [0.25, 0.3) is 10.9 Å². The number of nitrogens with zero attached hydrogens (tertiary/aromatic N) is 3. The molecule has 5 rings (SSSR count). The van der Waals surface area contributed by atoms with E-state index in [1.165, 1.54) is 11.1 Å². The summed E-state index contributed by atoms with van der Waals surface area (Å²) in [4.78, 5) is 31.1. The molecule has 0 spiro atoms. The number of benzene rings is 3. The number of ether oxygens (including phenoxy) is 2. The molecule has 0 aliphatic heterocycles. The van der Waals surface area contributed by atoms with E-state index in [-0.39, 0.29) is 34.8 Å². The number of amides is 1. The van der Waals surface area contributed by atoms with Gasteiger partial charge >= 0.3 is 0 Å². The van der Waals surface area contributed by atoms with Crippen molar-refractivity contribution in [1.29, 1.82) is 0 Å². The smallest absolute Gasteiger partial charge is 0.282 e. The number of carbonyl (C=O) groups is 1. The van der Waals surface area contributed by atoms with E-state index in [1.54, 1.807) is 18.3 Å². The molecule has 42 heavy (non-hydrogen) atoms. The number of aromatic nitrogens is 2. The van der Waals surface area contributed by atoms with E-state index in [4.69, 9.17) is 26.1 Å². The average molecular weight is 652 g/mol. The lowest BCUT2D eigenvalue weighted by Gasteiger charge is -2.22. The minimum atomic E-state index is -0.331. The maximum Gasteiger partial charge on any atom is 0.282 e. The molecule has 8 nitrogen and oxygen atoms in total. The third-order valence-electron chi connectivity index (χ3n) is 7.28. The number of fused-ring (bicyclic) bond motifs is 1. The third kappa shape index (κ3) is 6.52. The van der Waals surface area contributed by atoms with Crippen molar-refractivity contribution in [2.24, 2.45) is 5.10 Å². The van der Waals surface area contributed by atoms with Crippen molar-refractivity contribution >= 4 is 56.2 Å². The molecule has 0 radical (unpaired) electrons. The first-order chi connectivity index (χ1) is 20.4. The van der Waals surface area contributed by atoms with Gasteiger partial charge in [-0.25, -0.2) is 4.98 Å². The number of aryl methyl sites for hydroxylation is 1. The van der Waals surface area contributed by atoms with Crippen LogP contribution in [0.2, 0.25) is 5.02 Å². The summed E-state index contributed by atoms with van der Waals surface area (Å²) < 4.78 is 13.6. The Bertz CT molecular complexity index is 1700. The van der Waals surface area contributed by atoms with Gasteiger partial charge in [-0.1, -0.05) is 61.2 Å². The fraction of sp³-hybridized carbons (Fsp3) is 0.312. The number of rotatable bonds is 9. The normalized spacial score (nSPS) is 13.9. The molecule has 0 bridgehead atoms. The second-order valence-electron chi connectivity index (χ2n) is 10.2. The number of hydrogen-bond acceptors (Lipinski definition) is 6. The second kappa shape index (κ2) is 13.5. The summed E-state index contributed by atoms with van der Waals surface area (Å²) in [5.41, 5.74) is 2.68. The SMILES string of the molecule is CCOc1cc(C=Nn2c(C3CCCCC3)nc3ccccc3c2=O)c(Br)c(Cl)c1OCC(=O)Nc1ccccc1C. The molecule has 0 atom stereocenters. The van der Waals surface area contributed by atoms with Gasteiger partial charge in [0.15, 0.2) is 18.1 Å². The molecular formula is C32H32BrClN4O4. The van der Waals surface area contributed by atoms with Gasteiger partial charge < -0.3 is 14.8 Å². The van der Waals surface area contributed by atoms with E-state index in [2.05, 4.69) is 26.3 Å². The largest absolute Gasteiger partial charge is 0.490 e. The average Bonchev–Trinajstić information content (AvgIpc) is 3.00. The highest BCUT2D eigenvalue weighted by molar-refractivity contribution is 9.10. The van der Waals surface area contributed by atoms with Crippen molar-refractivity contribution in [2.75, 3.05) is 18.5 Å². The van der Waals surface area contributed by atoms with Crippen LogP contribution in [0, 0.1) is 6.92 Å². The van der Waals surface area contributed by atoms with Crippen LogP contribution in [0.15, 0.2) is 69.0 Å². The molecule has 4 aromatic rings. The highest BCUT2D eigenvalue weighted by Gasteiger charge is 2.23. The first-order valence-corrected chi connectivity index (χ1v) is 15.2. The van der Waals surface area contributed by atoms with Crippen LogP contribution in [0.1, 0.15) is 61.9 Å². The summed E-state index contributed by atoms with van der Waals surface area (Å²) >= 11 is 10.3. The van der Waals surface area contributed by atoms with Crippen LogP contribution in [-0.2, 0) is 4.79 Å². The first-order valence-electron chi connectivity index (χ1n) is 14.1. The summed E-state index contributed by atoms with van der Waals surface area (Å²) in [6.07, 6.45) is 6.88. The molecule has 1 fully saturated rings. The van der Waals surface area contributed by atoms with Crippen molar-refractivity contribution in [3.8, 4) is 11.5 Å². The van der Waals surface area contributed by atoms with Gasteiger partial charge in [0.05, 0.1) is 23.7 Å². The maximum absolute atomic E-state index is 13.6. The van der Waals surface area contributed by atoms with Crippen LogP contribution in [0.3, 0.4) is 0 Å². The number of nitrogens with one attached hydrogen (secondary N) is 1. The summed E-state index contributed by atoms with van der Waals surface area (Å²) in [7, 11) is 0. The van der Waals surface area contributed by atoms with E-state index >= 15 is 0 Å². The molecule has 1 amide bonds. The van der Waals surface area contributed by atoms with E-state index < -0.39 is 0 Å². The Morgan fingerprint density at radius 2 is 1.88 bits per heavy atom. The highest BCUT2D eigenvalue weighted by atomic mass is 79.9. The van der Waals surface area contributed by atoms with Gasteiger partial charge in [0.2, 0.25) is 0 Å². The number of para-hydroxylation sites is 2. The number of halogens is 2. The predicted molar refractivity (Wildman–Crippen MR) is 170 cm³/mol. The topological polar surface area (TPSA) is 94.8 Å². The van der Waals surface area contributed by atoms with Gasteiger partial charge in [0, 0.05) is 21.6 Å². The van der Waals surface area contributed by atoms with Gasteiger partial charge in [0.25, 0.3) is 11.5 Å². The Kier molecular flexibility index (Phi) is 9.59. The van der Waals surface area contributed by atoms with Gasteiger partial charge in [0.1, 0.15) is 10.8 Å². The highest BCUT2D eigenvalue weighted by Crippen LogP contribution is 2.42. The van der Waals surface area contributed by atoms with Gasteiger partial charge in [-0.3, -0.25) is 9.59 Å². The first kappa shape index (κ1) is 29.8. The summed E-state index contributed by atoms with van der Waals surface area (Å²) in [6, 6.07) is 16.6. The van der Waals surface area contributed by atoms with E-state index in [9.17, 15) is 9.59 Å². The standard InChI is InChI=1S/C32H32BrClN4O4/c1-3-41-26-17-22(28(33)29(34)30(26)42-19-27(39)36-24-15-9-7-11-20(24)2)18-35-38-31(21-12-5-4-6-13-21)37-25-16-10-8-14-23(25)32(38)40/h7-11,14-18,21H,3-6,12-13,19H2,1-2H3,(H,36,39). The summed E-state index contributed by atoms with van der Waals surface area (Å²) in [5, 5.41) is 8.21. The molecule has 0 saturated heterocycles. The van der Waals surface area contributed by atoms with Crippen molar-refractivity contribution in [3.05, 3.63) is 91.4 Å². The predicted octanol–water partition coefficient (Wildman–Crippen LogP) is 7.47. The lowest BCUT2D eigenvalue weighted by molar-refractivity contribution is -0.118. The third-order valence-corrected chi connectivity index (χ3v) is 8.73. The summed E-state index contributed by atoms with van der Waals surface area (Å²) in [5.74, 6) is 1.08. The van der Waals surface area contributed by atoms with Gasteiger partial charge in [-0.2, -0.15) is 9.78 Å². The maximum atomic E-state index is 13.6. The number of carbonyl (C=O) groups excluding carboxylic acids is 1. The van der Waals surface area contributed by atoms with Crippen molar-refractivity contribution in [3.63, 3.8) is 0 Å². The molecule has 1 aliphatic rings. The molecule has 1 heterocycles. The molecule has 1 saturated carbocycles. The quantitative estimate of drug-likeness (QED) is 0.190. The zero-order valence-corrected chi connectivity index (χ0v) is 25.9. The van der Waals surface area contributed by atoms with Crippen molar-refractivity contribution < 1.29 is 14.3 Å². The molecular weight excluding hydrogens is 620 g/mol. The minimum absolute atomic E-state index is 0.154. The molecule has 3 aromatic carbocycles. The summed E-state index contributed by atoms with van der Waals surface area (Å²) in [6.45, 7) is 3.84. The Hall–Kier alpha value is -3.69. The fourth-order valence-corrected chi connectivity index (χ4v) is 5.78. The van der Waals surface area contributed by atoms with Crippen LogP contribution >= 0.6 is 27.5 Å². The molecule has 0 unspecified atom stereocenters. The molecule has 1 N–H and O–H groups in total. The number of hydrogen-bond donors (Lipinski definition) is 1. The molecule has 1 aromatic heterocycles. The van der Waals surface area contributed by atoms with E-state index in [1.807, 2.05) is 56.3 Å². The Balaban J connectivity index is 1.46. The molecule has 218 valence electrons. The monoisotopic (exact) mass is 650 g/mol. The van der Waals surface area contributed by atoms with Crippen molar-refractivity contribution in [2.45, 2.75) is 51.9 Å². The fourth-order valence-electron chi connectivity index (χ4n) is 5.13. The molecule has 10 heteroatoms. The lowest BCUT2D eigenvalue weighted by atomic mass is 9.88. The number of anilines is 1. The minimum Gasteiger partial charge on any atom is -0.490 e. The van der Waals surface area contributed by atoms with Crippen LogP contribution in [0.5, 0.6) is 11.5 Å². The van der Waals surface area contributed by atoms with Crippen LogP contribution in [-0.4, -0.2) is 35.0 Å². The van der Waals surface area contributed by atoms with Gasteiger partial charge in [-0.15, -0.1) is 0 Å². The second-order valence-corrected chi connectivity index (χ2v) is 11.4. The van der Waals surface area contributed by atoms with Gasteiger partial charge in [-0.05, 0) is 72.4 Å².